The van der Waals surface area contributed by atoms with Gasteiger partial charge in [-0.1, -0.05) is 42.5 Å². The average Bonchev–Trinajstić information content (AvgIpc) is 3.20. The predicted octanol–water partition coefficient (Wildman–Crippen LogP) is 2.74. The van der Waals surface area contributed by atoms with Gasteiger partial charge in [0, 0.05) is 25.7 Å². The molecule has 0 unspecified atom stereocenters. The van der Waals surface area contributed by atoms with Crippen LogP contribution in [0.4, 0.5) is 0 Å². The maximum Gasteiger partial charge on any atom is 0.240 e. The number of aromatic nitrogens is 2. The van der Waals surface area contributed by atoms with Crippen molar-refractivity contribution >= 4 is 16.9 Å². The van der Waals surface area contributed by atoms with E-state index in [-0.39, 0.29) is 11.9 Å². The Bertz CT molecular complexity index is 903. The molecule has 3 aromatic rings. The van der Waals surface area contributed by atoms with Crippen LogP contribution in [0.5, 0.6) is 0 Å². The molecule has 0 aliphatic carbocycles. The fourth-order valence-electron chi connectivity index (χ4n) is 3.75. The number of carbonyl (C=O) groups excluding carboxylic acids is 1. The van der Waals surface area contributed by atoms with Crippen molar-refractivity contribution in [1.82, 2.24) is 19.8 Å². The summed E-state index contributed by atoms with van der Waals surface area (Å²) >= 11 is 0. The second-order valence-electron chi connectivity index (χ2n) is 7.01. The largest absolute Gasteiger partial charge is 0.350 e. The molecule has 134 valence electrons. The second kappa shape index (κ2) is 7.30. The molecule has 1 saturated heterocycles. The molecule has 4 rings (SSSR count). The molecular weight excluding hydrogens is 324 g/mol. The third kappa shape index (κ3) is 3.63. The van der Waals surface area contributed by atoms with Gasteiger partial charge in [0.15, 0.2) is 0 Å². The van der Waals surface area contributed by atoms with Gasteiger partial charge in [0.05, 0.1) is 11.0 Å². The average molecular weight is 348 g/mol. The van der Waals surface area contributed by atoms with Gasteiger partial charge in [0.1, 0.15) is 12.4 Å². The second-order valence-corrected chi connectivity index (χ2v) is 7.01. The monoisotopic (exact) mass is 348 g/mol. The van der Waals surface area contributed by atoms with E-state index in [0.717, 1.165) is 42.9 Å². The molecule has 26 heavy (non-hydrogen) atoms. The minimum absolute atomic E-state index is 0.0582. The Balaban J connectivity index is 1.34. The van der Waals surface area contributed by atoms with E-state index in [1.807, 2.05) is 41.8 Å². The number of carbonyl (C=O) groups is 1. The van der Waals surface area contributed by atoms with E-state index in [2.05, 4.69) is 39.5 Å². The molecule has 0 radical (unpaired) electrons. The molecule has 1 aliphatic rings. The zero-order chi connectivity index (χ0) is 17.9. The zero-order valence-corrected chi connectivity index (χ0v) is 15.1. The lowest BCUT2D eigenvalue weighted by molar-refractivity contribution is -0.122. The highest BCUT2D eigenvalue weighted by Gasteiger charge is 2.24. The number of nitrogens with zero attached hydrogens (tertiary/aromatic N) is 3. The maximum absolute atomic E-state index is 12.5. The van der Waals surface area contributed by atoms with E-state index in [9.17, 15) is 4.79 Å². The molecule has 1 N–H and O–H groups in total. The first-order chi connectivity index (χ1) is 12.7. The van der Waals surface area contributed by atoms with Crippen LogP contribution in [0.25, 0.3) is 11.0 Å². The fourth-order valence-corrected chi connectivity index (χ4v) is 3.75. The summed E-state index contributed by atoms with van der Waals surface area (Å²) < 4.78 is 1.99. The summed E-state index contributed by atoms with van der Waals surface area (Å²) in [5.41, 5.74) is 3.27. The Labute approximate surface area is 153 Å². The molecule has 1 aromatic heterocycles. The standard InChI is InChI=1S/C21H24N4O/c1-16-22-19-9-5-6-10-20(19)25(16)15-21(26)23-18-11-12-24(14-18)13-17-7-3-2-4-8-17/h2-10,18H,11-15H2,1H3,(H,23,26)/t18-/m1/s1. The summed E-state index contributed by atoms with van der Waals surface area (Å²) in [6.45, 7) is 5.14. The number of amides is 1. The first-order valence-electron chi connectivity index (χ1n) is 9.16. The number of benzene rings is 2. The molecule has 2 aromatic carbocycles. The van der Waals surface area contributed by atoms with Crippen LogP contribution in [0.3, 0.4) is 0 Å². The van der Waals surface area contributed by atoms with Crippen molar-refractivity contribution in [3.05, 3.63) is 66.0 Å². The van der Waals surface area contributed by atoms with Crippen LogP contribution in [0.15, 0.2) is 54.6 Å². The Morgan fingerprint density at radius 1 is 1.15 bits per heavy atom. The van der Waals surface area contributed by atoms with E-state index >= 15 is 0 Å². The van der Waals surface area contributed by atoms with Gasteiger partial charge in [0.25, 0.3) is 0 Å². The number of nitrogens with one attached hydrogen (secondary N) is 1. The van der Waals surface area contributed by atoms with Gasteiger partial charge in [-0.3, -0.25) is 9.69 Å². The van der Waals surface area contributed by atoms with Crippen molar-refractivity contribution < 1.29 is 4.79 Å². The molecule has 5 heteroatoms. The smallest absolute Gasteiger partial charge is 0.240 e. The van der Waals surface area contributed by atoms with Crippen molar-refractivity contribution in [3.8, 4) is 0 Å². The number of fused-ring (bicyclic) bond motifs is 1. The van der Waals surface area contributed by atoms with Gasteiger partial charge in [0.2, 0.25) is 5.91 Å². The predicted molar refractivity (Wildman–Crippen MR) is 103 cm³/mol. The normalized spacial score (nSPS) is 17.7. The van der Waals surface area contributed by atoms with Crippen molar-refractivity contribution in [2.45, 2.75) is 32.5 Å². The van der Waals surface area contributed by atoms with Crippen molar-refractivity contribution in [2.24, 2.45) is 0 Å². The Morgan fingerprint density at radius 2 is 1.92 bits per heavy atom. The summed E-state index contributed by atoms with van der Waals surface area (Å²) in [7, 11) is 0. The third-order valence-corrected chi connectivity index (χ3v) is 5.03. The number of aryl methyl sites for hydroxylation is 1. The minimum Gasteiger partial charge on any atom is -0.350 e. The van der Waals surface area contributed by atoms with Crippen LogP contribution in [-0.4, -0.2) is 39.5 Å². The Hall–Kier alpha value is -2.66. The molecule has 2 heterocycles. The SMILES string of the molecule is Cc1nc2ccccc2n1CC(=O)N[C@@H]1CCN(Cc2ccccc2)C1. The quantitative estimate of drug-likeness (QED) is 0.771. The van der Waals surface area contributed by atoms with Crippen LogP contribution < -0.4 is 5.32 Å². The summed E-state index contributed by atoms with van der Waals surface area (Å²) in [5.74, 6) is 0.932. The summed E-state index contributed by atoms with van der Waals surface area (Å²) in [4.78, 5) is 19.5. The molecule has 1 fully saturated rings. The lowest BCUT2D eigenvalue weighted by Gasteiger charge is -2.17. The van der Waals surface area contributed by atoms with Gasteiger partial charge in [-0.25, -0.2) is 4.98 Å². The molecule has 1 amide bonds. The molecule has 1 atom stereocenters. The number of hydrogen-bond donors (Lipinski definition) is 1. The van der Waals surface area contributed by atoms with Gasteiger partial charge in [-0.05, 0) is 31.0 Å². The van der Waals surface area contributed by atoms with E-state index in [4.69, 9.17) is 0 Å². The summed E-state index contributed by atoms with van der Waals surface area (Å²) in [6.07, 6.45) is 1.00. The number of hydrogen-bond acceptors (Lipinski definition) is 3. The third-order valence-electron chi connectivity index (χ3n) is 5.03. The first-order valence-corrected chi connectivity index (χ1v) is 9.16. The lowest BCUT2D eigenvalue weighted by Crippen LogP contribution is -2.38. The van der Waals surface area contributed by atoms with Crippen LogP contribution in [0, 0.1) is 6.92 Å². The van der Waals surface area contributed by atoms with E-state index in [1.165, 1.54) is 5.56 Å². The van der Waals surface area contributed by atoms with Gasteiger partial charge in [-0.2, -0.15) is 0 Å². The highest BCUT2D eigenvalue weighted by Crippen LogP contribution is 2.16. The van der Waals surface area contributed by atoms with E-state index in [1.54, 1.807) is 0 Å². The maximum atomic E-state index is 12.5. The Morgan fingerprint density at radius 3 is 2.77 bits per heavy atom. The van der Waals surface area contributed by atoms with E-state index in [0.29, 0.717) is 6.54 Å². The van der Waals surface area contributed by atoms with Gasteiger partial charge < -0.3 is 9.88 Å². The molecule has 0 bridgehead atoms. The topological polar surface area (TPSA) is 50.2 Å². The van der Waals surface area contributed by atoms with Crippen LogP contribution in [0.2, 0.25) is 0 Å². The van der Waals surface area contributed by atoms with Crippen molar-refractivity contribution in [2.75, 3.05) is 13.1 Å². The zero-order valence-electron chi connectivity index (χ0n) is 15.1. The van der Waals surface area contributed by atoms with E-state index < -0.39 is 0 Å². The molecule has 1 aliphatic heterocycles. The molecule has 0 saturated carbocycles. The van der Waals surface area contributed by atoms with Crippen LogP contribution in [-0.2, 0) is 17.9 Å². The number of para-hydroxylation sites is 2. The highest BCUT2D eigenvalue weighted by atomic mass is 16.2. The van der Waals surface area contributed by atoms with Crippen LogP contribution >= 0.6 is 0 Å². The Kier molecular flexibility index (Phi) is 4.71. The van der Waals surface area contributed by atoms with Crippen molar-refractivity contribution in [1.29, 1.82) is 0 Å². The molecular formula is C21H24N4O. The van der Waals surface area contributed by atoms with Crippen molar-refractivity contribution in [3.63, 3.8) is 0 Å². The number of rotatable bonds is 5. The number of likely N-dealkylation sites (tertiary alicyclic amines) is 1. The van der Waals surface area contributed by atoms with Crippen LogP contribution in [0.1, 0.15) is 17.8 Å². The summed E-state index contributed by atoms with van der Waals surface area (Å²) in [6, 6.07) is 18.7. The molecule has 0 spiro atoms. The molecule has 5 nitrogen and oxygen atoms in total. The van der Waals surface area contributed by atoms with Gasteiger partial charge in [-0.15, -0.1) is 0 Å². The number of imidazole rings is 1. The highest BCUT2D eigenvalue weighted by molar-refractivity contribution is 5.81. The van der Waals surface area contributed by atoms with Gasteiger partial charge >= 0.3 is 0 Å². The first kappa shape index (κ1) is 16.8. The lowest BCUT2D eigenvalue weighted by atomic mass is 10.2. The summed E-state index contributed by atoms with van der Waals surface area (Å²) in [5, 5.41) is 3.20. The minimum atomic E-state index is 0.0582. The fraction of sp³-hybridized carbons (Fsp3) is 0.333.